The van der Waals surface area contributed by atoms with Crippen LogP contribution in [0.4, 0.5) is 29.1 Å². The highest BCUT2D eigenvalue weighted by molar-refractivity contribution is 5.58. The molecule has 0 unspecified atom stereocenters. The normalized spacial score (nSPS) is 13.2. The number of nitrogens with one attached hydrogen (secondary N) is 3. The Balaban J connectivity index is 1.43. The van der Waals surface area contributed by atoms with Crippen LogP contribution in [0.3, 0.4) is 0 Å². The van der Waals surface area contributed by atoms with E-state index in [2.05, 4.69) is 35.6 Å². The first-order chi connectivity index (χ1) is 12.7. The van der Waals surface area contributed by atoms with Gasteiger partial charge in [-0.1, -0.05) is 24.3 Å². The van der Waals surface area contributed by atoms with Gasteiger partial charge in [0, 0.05) is 30.3 Å². The smallest absolute Gasteiger partial charge is 0.223 e. The SMILES string of the molecule is [C-]#[N+]c1ccc(CNc2cc(Nc3cc(C4CC4)[nH]n3)nc(N)n2)cc1. The quantitative estimate of drug-likeness (QED) is 0.508. The molecule has 130 valence electrons. The third kappa shape index (κ3) is 3.72. The van der Waals surface area contributed by atoms with E-state index in [1.165, 1.54) is 12.8 Å². The van der Waals surface area contributed by atoms with Gasteiger partial charge in [0.25, 0.3) is 0 Å². The molecule has 0 bridgehead atoms. The van der Waals surface area contributed by atoms with Gasteiger partial charge in [-0.2, -0.15) is 15.1 Å². The first-order valence-electron chi connectivity index (χ1n) is 8.37. The molecule has 4 rings (SSSR count). The molecule has 1 aliphatic carbocycles. The maximum absolute atomic E-state index is 6.98. The van der Waals surface area contributed by atoms with Gasteiger partial charge in [-0.3, -0.25) is 5.10 Å². The van der Waals surface area contributed by atoms with Crippen LogP contribution in [0.1, 0.15) is 30.0 Å². The highest BCUT2D eigenvalue weighted by Gasteiger charge is 2.25. The molecule has 0 aliphatic heterocycles. The van der Waals surface area contributed by atoms with Crippen molar-refractivity contribution >= 4 is 29.1 Å². The van der Waals surface area contributed by atoms with Crippen LogP contribution in [-0.4, -0.2) is 20.2 Å². The molecule has 1 saturated carbocycles. The number of benzene rings is 1. The van der Waals surface area contributed by atoms with Crippen molar-refractivity contribution in [3.05, 3.63) is 59.1 Å². The number of H-pyrrole nitrogens is 1. The minimum atomic E-state index is 0.179. The Morgan fingerprint density at radius 1 is 1.12 bits per heavy atom. The molecule has 2 heterocycles. The maximum atomic E-state index is 6.98. The number of aromatic nitrogens is 4. The van der Waals surface area contributed by atoms with Crippen molar-refractivity contribution in [2.75, 3.05) is 16.4 Å². The van der Waals surface area contributed by atoms with E-state index in [0.717, 1.165) is 11.3 Å². The number of nitrogens with zero attached hydrogens (tertiary/aromatic N) is 4. The molecule has 1 fully saturated rings. The van der Waals surface area contributed by atoms with Crippen molar-refractivity contribution in [2.45, 2.75) is 25.3 Å². The molecule has 0 spiro atoms. The average Bonchev–Trinajstić information content (AvgIpc) is 3.40. The minimum absolute atomic E-state index is 0.179. The molecule has 0 atom stereocenters. The summed E-state index contributed by atoms with van der Waals surface area (Å²) in [4.78, 5) is 11.8. The minimum Gasteiger partial charge on any atom is -0.368 e. The van der Waals surface area contributed by atoms with E-state index in [0.29, 0.717) is 35.6 Å². The molecule has 0 radical (unpaired) electrons. The maximum Gasteiger partial charge on any atom is 0.223 e. The van der Waals surface area contributed by atoms with Crippen molar-refractivity contribution in [1.29, 1.82) is 0 Å². The Morgan fingerprint density at radius 3 is 2.62 bits per heavy atom. The summed E-state index contributed by atoms with van der Waals surface area (Å²) in [7, 11) is 0. The second kappa shape index (κ2) is 6.72. The summed E-state index contributed by atoms with van der Waals surface area (Å²) in [6.45, 7) is 7.55. The highest BCUT2D eigenvalue weighted by atomic mass is 15.2. The molecule has 8 nitrogen and oxygen atoms in total. The van der Waals surface area contributed by atoms with Crippen LogP contribution in [0.25, 0.3) is 4.85 Å². The fraction of sp³-hybridized carbons (Fsp3) is 0.222. The van der Waals surface area contributed by atoms with Crippen LogP contribution in [0, 0.1) is 6.57 Å². The number of rotatable bonds is 6. The molecule has 5 N–H and O–H groups in total. The van der Waals surface area contributed by atoms with Crippen molar-refractivity contribution in [3.8, 4) is 0 Å². The number of nitrogen functional groups attached to an aromatic ring is 1. The molecular formula is C18H18N8. The molecule has 3 aromatic rings. The third-order valence-electron chi connectivity index (χ3n) is 4.15. The Labute approximate surface area is 150 Å². The van der Waals surface area contributed by atoms with E-state index < -0.39 is 0 Å². The van der Waals surface area contributed by atoms with E-state index in [-0.39, 0.29) is 5.95 Å². The van der Waals surface area contributed by atoms with Gasteiger partial charge in [-0.15, -0.1) is 0 Å². The lowest BCUT2D eigenvalue weighted by Gasteiger charge is -2.09. The van der Waals surface area contributed by atoms with Crippen molar-refractivity contribution < 1.29 is 0 Å². The number of hydrogen-bond donors (Lipinski definition) is 4. The zero-order chi connectivity index (χ0) is 17.9. The summed E-state index contributed by atoms with van der Waals surface area (Å²) in [5.41, 5.74) is 8.64. The van der Waals surface area contributed by atoms with Gasteiger partial charge >= 0.3 is 0 Å². The number of nitrogens with two attached hydrogens (primary N) is 1. The van der Waals surface area contributed by atoms with Crippen molar-refractivity contribution in [3.63, 3.8) is 0 Å². The van der Waals surface area contributed by atoms with Crippen molar-refractivity contribution in [2.24, 2.45) is 0 Å². The first-order valence-corrected chi connectivity index (χ1v) is 8.37. The molecule has 1 aromatic carbocycles. The fourth-order valence-corrected chi connectivity index (χ4v) is 2.64. The van der Waals surface area contributed by atoms with Crippen LogP contribution < -0.4 is 16.4 Å². The molecule has 26 heavy (non-hydrogen) atoms. The fourth-order valence-electron chi connectivity index (χ4n) is 2.64. The lowest BCUT2D eigenvalue weighted by molar-refractivity contribution is 0.966. The highest BCUT2D eigenvalue weighted by Crippen LogP contribution is 2.39. The third-order valence-corrected chi connectivity index (χ3v) is 4.15. The lowest BCUT2D eigenvalue weighted by atomic mass is 10.2. The summed E-state index contributed by atoms with van der Waals surface area (Å²) < 4.78 is 0. The summed E-state index contributed by atoms with van der Waals surface area (Å²) >= 11 is 0. The van der Waals surface area contributed by atoms with E-state index in [1.807, 2.05) is 18.2 Å². The molecule has 0 saturated heterocycles. The topological polar surface area (TPSA) is 109 Å². The molecule has 8 heteroatoms. The largest absolute Gasteiger partial charge is 0.368 e. The van der Waals surface area contributed by atoms with Gasteiger partial charge < -0.3 is 16.4 Å². The summed E-state index contributed by atoms with van der Waals surface area (Å²) in [6.07, 6.45) is 2.43. The summed E-state index contributed by atoms with van der Waals surface area (Å²) in [6, 6.07) is 11.2. The van der Waals surface area contributed by atoms with Crippen LogP contribution in [-0.2, 0) is 6.54 Å². The van der Waals surface area contributed by atoms with Crippen LogP contribution in [0.15, 0.2) is 36.4 Å². The zero-order valence-corrected chi connectivity index (χ0v) is 14.0. The van der Waals surface area contributed by atoms with Crippen molar-refractivity contribution in [1.82, 2.24) is 20.2 Å². The van der Waals surface area contributed by atoms with Gasteiger partial charge in [-0.25, -0.2) is 4.85 Å². The van der Waals surface area contributed by atoms with E-state index in [4.69, 9.17) is 12.3 Å². The first kappa shape index (κ1) is 15.9. The van der Waals surface area contributed by atoms with Gasteiger partial charge in [0.2, 0.25) is 5.95 Å². The number of anilines is 4. The van der Waals surface area contributed by atoms with Crippen LogP contribution in [0.5, 0.6) is 0 Å². The van der Waals surface area contributed by atoms with Gasteiger partial charge in [-0.05, 0) is 18.4 Å². The van der Waals surface area contributed by atoms with Gasteiger partial charge in [0.15, 0.2) is 11.5 Å². The predicted octanol–water partition coefficient (Wildman–Crippen LogP) is 3.57. The van der Waals surface area contributed by atoms with Gasteiger partial charge in [0.1, 0.15) is 11.6 Å². The Morgan fingerprint density at radius 2 is 1.88 bits per heavy atom. The Kier molecular flexibility index (Phi) is 4.11. The standard InChI is InChI=1S/C18H18N8/c1-20-13-6-2-11(3-7-13)10-21-15-9-16(24-18(19)23-15)22-17-8-14(25-26-17)12-4-5-12/h2-3,6-9,12H,4-5,10H2,(H5,19,21,22,23,24,25,26). The molecule has 0 amide bonds. The molecular weight excluding hydrogens is 328 g/mol. The second-order valence-electron chi connectivity index (χ2n) is 6.24. The van der Waals surface area contributed by atoms with E-state index in [1.54, 1.807) is 18.2 Å². The molecule has 2 aromatic heterocycles. The zero-order valence-electron chi connectivity index (χ0n) is 14.0. The van der Waals surface area contributed by atoms with E-state index in [9.17, 15) is 0 Å². The van der Waals surface area contributed by atoms with Gasteiger partial charge in [0.05, 0.1) is 6.57 Å². The van der Waals surface area contributed by atoms with Crippen LogP contribution >= 0.6 is 0 Å². The second-order valence-corrected chi connectivity index (χ2v) is 6.24. The monoisotopic (exact) mass is 346 g/mol. The van der Waals surface area contributed by atoms with Crippen LogP contribution in [0.2, 0.25) is 0 Å². The average molecular weight is 346 g/mol. The lowest BCUT2D eigenvalue weighted by Crippen LogP contribution is -2.06. The summed E-state index contributed by atoms with van der Waals surface area (Å²) in [5, 5.41) is 13.7. The number of aromatic amines is 1. The molecule has 1 aliphatic rings. The Hall–Kier alpha value is -3.60. The van der Waals surface area contributed by atoms with E-state index >= 15 is 0 Å². The Bertz CT molecular complexity index is 950. The summed E-state index contributed by atoms with van der Waals surface area (Å²) in [5.74, 6) is 2.70. The number of hydrogen-bond acceptors (Lipinski definition) is 6. The predicted molar refractivity (Wildman–Crippen MR) is 100 cm³/mol.